The third-order valence-corrected chi connectivity index (χ3v) is 5.43. The molecule has 5 nitrogen and oxygen atoms in total. The van der Waals surface area contributed by atoms with Crippen LogP contribution in [0.1, 0.15) is 29.2 Å². The van der Waals surface area contributed by atoms with Gasteiger partial charge >= 0.3 is 0 Å². The molecule has 1 aliphatic carbocycles. The van der Waals surface area contributed by atoms with Crippen molar-refractivity contribution < 1.29 is 4.74 Å². The second-order valence-electron chi connectivity index (χ2n) is 6.91. The Bertz CT molecular complexity index is 649. The summed E-state index contributed by atoms with van der Waals surface area (Å²) in [6.07, 6.45) is 6.66. The number of ether oxygens (including phenoxy) is 1. The van der Waals surface area contributed by atoms with Gasteiger partial charge in [-0.15, -0.1) is 11.3 Å². The van der Waals surface area contributed by atoms with Crippen LogP contribution in [0.2, 0.25) is 0 Å². The van der Waals surface area contributed by atoms with Gasteiger partial charge in [0.1, 0.15) is 0 Å². The summed E-state index contributed by atoms with van der Waals surface area (Å²) in [7, 11) is 0. The molecule has 0 radical (unpaired) electrons. The van der Waals surface area contributed by atoms with E-state index in [0.717, 1.165) is 50.3 Å². The first-order valence-corrected chi connectivity index (χ1v) is 9.34. The molecule has 1 atom stereocenters. The molecule has 0 N–H and O–H groups in total. The predicted octanol–water partition coefficient (Wildman–Crippen LogP) is 2.71. The molecule has 0 amide bonds. The van der Waals surface area contributed by atoms with Crippen molar-refractivity contribution in [3.05, 3.63) is 34.3 Å². The maximum atomic E-state index is 5.97. The molecular weight excluding hydrogens is 308 g/mol. The van der Waals surface area contributed by atoms with Crippen LogP contribution in [0.15, 0.2) is 17.9 Å². The number of rotatable bonds is 6. The Morgan fingerprint density at radius 2 is 2.13 bits per heavy atom. The number of thiazole rings is 1. The lowest BCUT2D eigenvalue weighted by molar-refractivity contribution is 0.0703. The molecule has 6 heteroatoms. The first-order chi connectivity index (χ1) is 11.3. The van der Waals surface area contributed by atoms with E-state index in [1.807, 2.05) is 12.5 Å². The molecule has 1 unspecified atom stereocenters. The minimum absolute atomic E-state index is 0.518. The Morgan fingerprint density at radius 3 is 2.91 bits per heavy atom. The summed E-state index contributed by atoms with van der Waals surface area (Å²) >= 11 is 1.73. The summed E-state index contributed by atoms with van der Waals surface area (Å²) in [5.41, 5.74) is 2.47. The highest BCUT2D eigenvalue weighted by Crippen LogP contribution is 2.29. The van der Waals surface area contributed by atoms with Gasteiger partial charge in [0.2, 0.25) is 0 Å². The Morgan fingerprint density at radius 1 is 1.26 bits per heavy atom. The average Bonchev–Trinajstić information content (AvgIpc) is 3.16. The van der Waals surface area contributed by atoms with Crippen LogP contribution in [-0.4, -0.2) is 39.2 Å². The largest absolute Gasteiger partial charge is 0.381 e. The normalized spacial score (nSPS) is 22.0. The number of hydrogen-bond acceptors (Lipinski definition) is 5. The first-order valence-electron chi connectivity index (χ1n) is 8.46. The molecule has 2 aliphatic rings. The van der Waals surface area contributed by atoms with E-state index in [9.17, 15) is 0 Å². The molecule has 2 aromatic rings. The molecule has 4 rings (SSSR count). The maximum Gasteiger partial charge on any atom is 0.0948 e. The van der Waals surface area contributed by atoms with E-state index < -0.39 is 0 Å². The van der Waals surface area contributed by atoms with Crippen molar-refractivity contribution >= 4 is 11.3 Å². The second kappa shape index (κ2) is 6.71. The summed E-state index contributed by atoms with van der Waals surface area (Å²) in [6.45, 7) is 7.78. The zero-order valence-corrected chi connectivity index (χ0v) is 14.5. The van der Waals surface area contributed by atoms with Gasteiger partial charge in [0.25, 0.3) is 0 Å². The van der Waals surface area contributed by atoms with Gasteiger partial charge in [-0.3, -0.25) is 4.90 Å². The summed E-state index contributed by atoms with van der Waals surface area (Å²) in [6, 6.07) is 0. The molecular formula is C17H24N4OS. The number of aryl methyl sites for hydroxylation is 1. The van der Waals surface area contributed by atoms with Gasteiger partial charge in [-0.05, 0) is 25.7 Å². The van der Waals surface area contributed by atoms with Crippen LogP contribution >= 0.6 is 11.3 Å². The summed E-state index contributed by atoms with van der Waals surface area (Å²) in [5.74, 6) is 1.35. The Labute approximate surface area is 141 Å². The Balaban J connectivity index is 1.42. The van der Waals surface area contributed by atoms with E-state index in [0.29, 0.717) is 5.92 Å². The maximum absolute atomic E-state index is 5.97. The van der Waals surface area contributed by atoms with Crippen molar-refractivity contribution in [2.75, 3.05) is 19.8 Å². The van der Waals surface area contributed by atoms with Gasteiger partial charge < -0.3 is 9.30 Å². The van der Waals surface area contributed by atoms with Crippen LogP contribution in [-0.2, 0) is 24.4 Å². The standard InChI is InChI=1S/C17H24N4OS/c1-13-19-16(11-23-13)7-20-5-15(10-22-9-14-2-3-14)6-21-12-18-4-17(21)8-20/h4,11-12,14-15H,2-3,5-10H2,1H3. The van der Waals surface area contributed by atoms with E-state index in [-0.39, 0.29) is 0 Å². The lowest BCUT2D eigenvalue weighted by Gasteiger charge is -2.23. The van der Waals surface area contributed by atoms with Crippen molar-refractivity contribution in [1.82, 2.24) is 19.4 Å². The van der Waals surface area contributed by atoms with Gasteiger partial charge in [-0.1, -0.05) is 0 Å². The highest BCUT2D eigenvalue weighted by Gasteiger charge is 2.25. The Hall–Kier alpha value is -1.24. The molecule has 0 spiro atoms. The van der Waals surface area contributed by atoms with E-state index in [1.165, 1.54) is 24.2 Å². The highest BCUT2D eigenvalue weighted by molar-refractivity contribution is 7.09. The van der Waals surface area contributed by atoms with Crippen LogP contribution in [0.4, 0.5) is 0 Å². The van der Waals surface area contributed by atoms with Crippen LogP contribution < -0.4 is 0 Å². The lowest BCUT2D eigenvalue weighted by Crippen LogP contribution is -2.30. The molecule has 1 aliphatic heterocycles. The van der Waals surface area contributed by atoms with E-state index >= 15 is 0 Å². The van der Waals surface area contributed by atoms with Gasteiger partial charge in [0.05, 0.1) is 29.3 Å². The predicted molar refractivity (Wildman–Crippen MR) is 90.2 cm³/mol. The summed E-state index contributed by atoms with van der Waals surface area (Å²) < 4.78 is 8.26. The zero-order valence-electron chi connectivity index (χ0n) is 13.6. The molecule has 1 saturated carbocycles. The van der Waals surface area contributed by atoms with Crippen LogP contribution in [0.25, 0.3) is 0 Å². The van der Waals surface area contributed by atoms with E-state index in [1.54, 1.807) is 11.3 Å². The van der Waals surface area contributed by atoms with Crippen molar-refractivity contribution in [1.29, 1.82) is 0 Å². The number of fused-ring (bicyclic) bond motifs is 1. The smallest absolute Gasteiger partial charge is 0.0948 e. The summed E-state index contributed by atoms with van der Waals surface area (Å²) in [5, 5.41) is 3.32. The molecule has 23 heavy (non-hydrogen) atoms. The topological polar surface area (TPSA) is 43.2 Å². The van der Waals surface area contributed by atoms with Crippen molar-refractivity contribution in [2.24, 2.45) is 11.8 Å². The van der Waals surface area contributed by atoms with Crippen LogP contribution in [0.5, 0.6) is 0 Å². The van der Waals surface area contributed by atoms with Crippen molar-refractivity contribution in [2.45, 2.75) is 39.4 Å². The minimum Gasteiger partial charge on any atom is -0.381 e. The molecule has 124 valence electrons. The number of aromatic nitrogens is 3. The van der Waals surface area contributed by atoms with Gasteiger partial charge in [-0.2, -0.15) is 0 Å². The lowest BCUT2D eigenvalue weighted by atomic mass is 10.1. The fourth-order valence-corrected chi connectivity index (χ4v) is 3.86. The van der Waals surface area contributed by atoms with Crippen LogP contribution in [0, 0.1) is 18.8 Å². The van der Waals surface area contributed by atoms with E-state index in [4.69, 9.17) is 4.74 Å². The number of nitrogens with zero attached hydrogens (tertiary/aromatic N) is 4. The van der Waals surface area contributed by atoms with Gasteiger partial charge in [-0.25, -0.2) is 9.97 Å². The highest BCUT2D eigenvalue weighted by atomic mass is 32.1. The SMILES string of the molecule is Cc1nc(CN2Cc3cncn3CC(COCC3CC3)C2)cs1. The number of imidazole rings is 1. The van der Waals surface area contributed by atoms with Crippen molar-refractivity contribution in [3.63, 3.8) is 0 Å². The molecule has 0 saturated heterocycles. The Kier molecular flexibility index (Phi) is 4.46. The third kappa shape index (κ3) is 4.00. The number of hydrogen-bond donors (Lipinski definition) is 0. The molecule has 1 fully saturated rings. The molecule has 3 heterocycles. The summed E-state index contributed by atoms with van der Waals surface area (Å²) in [4.78, 5) is 11.4. The van der Waals surface area contributed by atoms with Crippen LogP contribution in [0.3, 0.4) is 0 Å². The monoisotopic (exact) mass is 332 g/mol. The van der Waals surface area contributed by atoms with E-state index in [2.05, 4.69) is 31.7 Å². The minimum atomic E-state index is 0.518. The van der Waals surface area contributed by atoms with Crippen molar-refractivity contribution in [3.8, 4) is 0 Å². The molecule has 2 aromatic heterocycles. The fourth-order valence-electron chi connectivity index (χ4n) is 3.26. The van der Waals surface area contributed by atoms with Gasteiger partial charge in [0.15, 0.2) is 0 Å². The third-order valence-electron chi connectivity index (χ3n) is 4.61. The van der Waals surface area contributed by atoms with Gasteiger partial charge in [0, 0.05) is 50.3 Å². The second-order valence-corrected chi connectivity index (χ2v) is 7.97. The quantitative estimate of drug-likeness (QED) is 0.816. The zero-order chi connectivity index (χ0) is 15.6. The fraction of sp³-hybridized carbons (Fsp3) is 0.647. The molecule has 0 aromatic carbocycles. The molecule has 0 bridgehead atoms. The average molecular weight is 332 g/mol. The first kappa shape index (κ1) is 15.3.